The van der Waals surface area contributed by atoms with E-state index in [4.69, 9.17) is 4.74 Å². The summed E-state index contributed by atoms with van der Waals surface area (Å²) in [5.41, 5.74) is 1.26. The van der Waals surface area contributed by atoms with Gasteiger partial charge in [0.25, 0.3) is 0 Å². The second kappa shape index (κ2) is 4.99. The van der Waals surface area contributed by atoms with E-state index in [-0.39, 0.29) is 0 Å². The molecule has 0 saturated heterocycles. The van der Waals surface area contributed by atoms with Crippen LogP contribution < -0.4 is 10.1 Å². The van der Waals surface area contributed by atoms with Crippen LogP contribution in [0, 0.1) is 5.92 Å². The summed E-state index contributed by atoms with van der Waals surface area (Å²) in [6.45, 7) is 2.05. The van der Waals surface area contributed by atoms with Gasteiger partial charge in [0.2, 0.25) is 0 Å². The molecular weight excluding hydrogens is 254 g/mol. The van der Waals surface area contributed by atoms with E-state index in [1.807, 2.05) is 12.1 Å². The summed E-state index contributed by atoms with van der Waals surface area (Å²) in [4.78, 5) is 0. The number of benzene rings is 1. The molecule has 2 nitrogen and oxygen atoms in total. The van der Waals surface area contributed by atoms with Crippen LogP contribution >= 0.6 is 15.9 Å². The SMILES string of the molecule is COc1ccc(Br)c(CNCC2CC2)c1. The molecule has 0 bridgehead atoms. The summed E-state index contributed by atoms with van der Waals surface area (Å²) >= 11 is 3.55. The van der Waals surface area contributed by atoms with Crippen LogP contribution in [0.25, 0.3) is 0 Å². The third kappa shape index (κ3) is 3.21. The molecule has 0 aromatic heterocycles. The fourth-order valence-corrected chi connectivity index (χ4v) is 1.93. The molecule has 0 amide bonds. The Morgan fingerprint density at radius 2 is 2.27 bits per heavy atom. The van der Waals surface area contributed by atoms with E-state index >= 15 is 0 Å². The average molecular weight is 270 g/mol. The Bertz CT molecular complexity index is 336. The molecule has 0 aliphatic heterocycles. The Kier molecular flexibility index (Phi) is 3.65. The fourth-order valence-electron chi connectivity index (χ4n) is 1.55. The standard InChI is InChI=1S/C12H16BrNO/c1-15-11-4-5-12(13)10(6-11)8-14-7-9-2-3-9/h4-6,9,14H,2-3,7-8H2,1H3. The second-order valence-corrected chi connectivity index (χ2v) is 4.89. The number of rotatable bonds is 5. The first kappa shape index (κ1) is 11.0. The van der Waals surface area contributed by atoms with Crippen molar-refractivity contribution in [2.24, 2.45) is 5.92 Å². The van der Waals surface area contributed by atoms with Gasteiger partial charge in [0, 0.05) is 11.0 Å². The molecular formula is C12H16BrNO. The van der Waals surface area contributed by atoms with Crippen LogP contribution in [0.1, 0.15) is 18.4 Å². The summed E-state index contributed by atoms with van der Waals surface area (Å²) in [7, 11) is 1.70. The molecule has 0 atom stereocenters. The molecule has 1 N–H and O–H groups in total. The minimum Gasteiger partial charge on any atom is -0.497 e. The van der Waals surface area contributed by atoms with E-state index in [0.29, 0.717) is 0 Å². The number of hydrogen-bond acceptors (Lipinski definition) is 2. The molecule has 15 heavy (non-hydrogen) atoms. The van der Waals surface area contributed by atoms with Crippen LogP contribution in [0.4, 0.5) is 0 Å². The number of nitrogens with one attached hydrogen (secondary N) is 1. The maximum atomic E-state index is 5.20. The van der Waals surface area contributed by atoms with Crippen molar-refractivity contribution in [3.8, 4) is 5.75 Å². The highest BCUT2D eigenvalue weighted by Crippen LogP contribution is 2.28. The van der Waals surface area contributed by atoms with Crippen LogP contribution in [0.2, 0.25) is 0 Å². The van der Waals surface area contributed by atoms with E-state index in [1.165, 1.54) is 18.4 Å². The van der Waals surface area contributed by atoms with Gasteiger partial charge in [-0.3, -0.25) is 0 Å². The minimum atomic E-state index is 0.911. The first-order chi connectivity index (χ1) is 7.29. The lowest BCUT2D eigenvalue weighted by Crippen LogP contribution is -2.16. The summed E-state index contributed by atoms with van der Waals surface area (Å²) < 4.78 is 6.35. The maximum Gasteiger partial charge on any atom is 0.119 e. The van der Waals surface area contributed by atoms with Gasteiger partial charge >= 0.3 is 0 Å². The molecule has 0 radical (unpaired) electrons. The molecule has 1 saturated carbocycles. The zero-order valence-electron chi connectivity index (χ0n) is 8.92. The highest BCUT2D eigenvalue weighted by atomic mass is 79.9. The normalized spacial score (nSPS) is 15.3. The number of hydrogen-bond donors (Lipinski definition) is 1. The van der Waals surface area contributed by atoms with Crippen LogP contribution in [0.3, 0.4) is 0 Å². The predicted molar refractivity (Wildman–Crippen MR) is 65.1 cm³/mol. The zero-order chi connectivity index (χ0) is 10.7. The number of ether oxygens (including phenoxy) is 1. The molecule has 1 aromatic rings. The van der Waals surface area contributed by atoms with Gasteiger partial charge in [-0.25, -0.2) is 0 Å². The Balaban J connectivity index is 1.92. The number of halogens is 1. The molecule has 2 rings (SSSR count). The summed E-state index contributed by atoms with van der Waals surface area (Å²) in [6.07, 6.45) is 2.79. The Labute approximate surface area is 99.1 Å². The predicted octanol–water partition coefficient (Wildman–Crippen LogP) is 2.96. The monoisotopic (exact) mass is 269 g/mol. The molecule has 1 fully saturated rings. The molecule has 82 valence electrons. The highest BCUT2D eigenvalue weighted by molar-refractivity contribution is 9.10. The maximum absolute atomic E-state index is 5.20. The summed E-state index contributed by atoms with van der Waals surface area (Å²) in [5.74, 6) is 1.84. The van der Waals surface area contributed by atoms with Gasteiger partial charge in [-0.2, -0.15) is 0 Å². The van der Waals surface area contributed by atoms with Crippen LogP contribution in [-0.4, -0.2) is 13.7 Å². The van der Waals surface area contributed by atoms with Crippen molar-refractivity contribution < 1.29 is 4.74 Å². The highest BCUT2D eigenvalue weighted by Gasteiger charge is 2.20. The smallest absolute Gasteiger partial charge is 0.119 e. The molecule has 1 aromatic carbocycles. The van der Waals surface area contributed by atoms with Crippen molar-refractivity contribution in [1.82, 2.24) is 5.32 Å². The Hall–Kier alpha value is -0.540. The largest absolute Gasteiger partial charge is 0.497 e. The molecule has 3 heteroatoms. The van der Waals surface area contributed by atoms with Crippen molar-refractivity contribution in [3.05, 3.63) is 28.2 Å². The average Bonchev–Trinajstić information content (AvgIpc) is 3.05. The fraction of sp³-hybridized carbons (Fsp3) is 0.500. The van der Waals surface area contributed by atoms with Crippen molar-refractivity contribution in [3.63, 3.8) is 0 Å². The Morgan fingerprint density at radius 1 is 1.47 bits per heavy atom. The van der Waals surface area contributed by atoms with Gasteiger partial charge in [0.05, 0.1) is 7.11 Å². The molecule has 0 unspecified atom stereocenters. The van der Waals surface area contributed by atoms with E-state index in [9.17, 15) is 0 Å². The van der Waals surface area contributed by atoms with Crippen molar-refractivity contribution >= 4 is 15.9 Å². The molecule has 0 spiro atoms. The van der Waals surface area contributed by atoms with Crippen molar-refractivity contribution in [2.75, 3.05) is 13.7 Å². The topological polar surface area (TPSA) is 21.3 Å². The van der Waals surface area contributed by atoms with E-state index in [1.54, 1.807) is 7.11 Å². The zero-order valence-corrected chi connectivity index (χ0v) is 10.5. The minimum absolute atomic E-state index is 0.911. The first-order valence-electron chi connectivity index (χ1n) is 5.32. The third-order valence-electron chi connectivity index (χ3n) is 2.70. The molecule has 0 heterocycles. The van der Waals surface area contributed by atoms with E-state index < -0.39 is 0 Å². The third-order valence-corrected chi connectivity index (χ3v) is 3.47. The molecule has 1 aliphatic carbocycles. The quantitative estimate of drug-likeness (QED) is 0.888. The van der Waals surface area contributed by atoms with E-state index in [0.717, 1.165) is 29.2 Å². The summed E-state index contributed by atoms with van der Waals surface area (Å²) in [5, 5.41) is 3.47. The lowest BCUT2D eigenvalue weighted by Gasteiger charge is -2.08. The van der Waals surface area contributed by atoms with Crippen LogP contribution in [0.5, 0.6) is 5.75 Å². The molecule has 1 aliphatic rings. The van der Waals surface area contributed by atoms with Gasteiger partial charge < -0.3 is 10.1 Å². The van der Waals surface area contributed by atoms with Crippen LogP contribution in [0.15, 0.2) is 22.7 Å². The number of methoxy groups -OCH3 is 1. The van der Waals surface area contributed by atoms with Crippen molar-refractivity contribution in [1.29, 1.82) is 0 Å². The Morgan fingerprint density at radius 3 is 2.93 bits per heavy atom. The van der Waals surface area contributed by atoms with Gasteiger partial charge in [0.15, 0.2) is 0 Å². The second-order valence-electron chi connectivity index (χ2n) is 4.03. The van der Waals surface area contributed by atoms with E-state index in [2.05, 4.69) is 27.3 Å². The van der Waals surface area contributed by atoms with Gasteiger partial charge in [-0.1, -0.05) is 15.9 Å². The van der Waals surface area contributed by atoms with Crippen molar-refractivity contribution in [2.45, 2.75) is 19.4 Å². The van der Waals surface area contributed by atoms with Crippen LogP contribution in [-0.2, 0) is 6.54 Å². The van der Waals surface area contributed by atoms with Gasteiger partial charge in [-0.15, -0.1) is 0 Å². The lowest BCUT2D eigenvalue weighted by molar-refractivity contribution is 0.414. The van der Waals surface area contributed by atoms with Gasteiger partial charge in [0.1, 0.15) is 5.75 Å². The lowest BCUT2D eigenvalue weighted by atomic mass is 10.2. The van der Waals surface area contributed by atoms with Gasteiger partial charge in [-0.05, 0) is 49.1 Å². The summed E-state index contributed by atoms with van der Waals surface area (Å²) in [6, 6.07) is 6.07. The first-order valence-corrected chi connectivity index (χ1v) is 6.12.